The molecule has 1 aliphatic heterocycles. The normalized spacial score (nSPS) is 13.8. The minimum atomic E-state index is -0.325. The SMILES string of the molecule is c1ccc(-n2c3ccccc3c3cc(-n4c5ccccc5c5cc(N6c7ccccc7C7(c8cc[se]c8-c8[se]ccc87)c7c6ccc6c7[se]c7ccccc76)ccc54)ccc32)cc1. The zero-order valence-electron chi connectivity index (χ0n) is 33.6. The topological polar surface area (TPSA) is 13.1 Å². The van der Waals surface area contributed by atoms with Gasteiger partial charge in [-0.15, -0.1) is 0 Å². The van der Waals surface area contributed by atoms with Gasteiger partial charge in [-0.3, -0.25) is 0 Å². The second kappa shape index (κ2) is 12.9. The third kappa shape index (κ3) is 4.51. The van der Waals surface area contributed by atoms with Crippen molar-refractivity contribution in [3.05, 3.63) is 220 Å². The number of para-hydroxylation sites is 4. The van der Waals surface area contributed by atoms with Crippen LogP contribution < -0.4 is 4.90 Å². The fraction of sp³-hybridized carbons (Fsp3) is 0.0175. The Morgan fingerprint density at radius 3 is 1.67 bits per heavy atom. The molecule has 0 bridgehead atoms. The molecule has 0 radical (unpaired) electrons. The molecule has 0 saturated carbocycles. The minimum absolute atomic E-state index is 0.180. The van der Waals surface area contributed by atoms with Gasteiger partial charge in [0.1, 0.15) is 0 Å². The van der Waals surface area contributed by atoms with Crippen LogP contribution in [0.15, 0.2) is 198 Å². The Kier molecular flexibility index (Phi) is 7.19. The molecule has 15 rings (SSSR count). The van der Waals surface area contributed by atoms with Gasteiger partial charge in [-0.25, -0.2) is 0 Å². The molecule has 6 heteroatoms. The first-order valence-electron chi connectivity index (χ1n) is 21.4. The van der Waals surface area contributed by atoms with Crippen LogP contribution in [0.1, 0.15) is 22.3 Å². The summed E-state index contributed by atoms with van der Waals surface area (Å²) in [5, 5.41) is 7.85. The third-order valence-electron chi connectivity index (χ3n) is 13.9. The van der Waals surface area contributed by atoms with E-state index in [1.54, 1.807) is 13.1 Å². The molecule has 1 spiro atoms. The summed E-state index contributed by atoms with van der Waals surface area (Å²) >= 11 is 0.890. The number of anilines is 3. The van der Waals surface area contributed by atoms with Crippen LogP contribution in [-0.4, -0.2) is 52.6 Å². The van der Waals surface area contributed by atoms with E-state index in [0.29, 0.717) is 29.0 Å². The van der Waals surface area contributed by atoms with Crippen molar-refractivity contribution in [3.8, 4) is 20.2 Å². The third-order valence-corrected chi connectivity index (χ3v) is 21.0. The van der Waals surface area contributed by atoms with Gasteiger partial charge in [0.2, 0.25) is 0 Å². The van der Waals surface area contributed by atoms with E-state index in [9.17, 15) is 0 Å². The number of hydrogen-bond acceptors (Lipinski definition) is 1. The van der Waals surface area contributed by atoms with Crippen LogP contribution >= 0.6 is 0 Å². The van der Waals surface area contributed by atoms with E-state index in [0.717, 1.165) is 5.69 Å². The van der Waals surface area contributed by atoms with Crippen molar-refractivity contribution in [1.82, 2.24) is 9.13 Å². The Hall–Kier alpha value is -6.32. The molecule has 0 N–H and O–H groups in total. The number of aromatic nitrogens is 2. The summed E-state index contributed by atoms with van der Waals surface area (Å²) < 4.78 is 11.2. The van der Waals surface area contributed by atoms with E-state index in [1.165, 1.54) is 104 Å². The summed E-state index contributed by atoms with van der Waals surface area (Å²) in [7, 11) is 0. The monoisotopic (exact) mass is 999 g/mol. The zero-order valence-corrected chi connectivity index (χ0v) is 38.8. The van der Waals surface area contributed by atoms with Gasteiger partial charge in [-0.05, 0) is 18.2 Å². The number of hydrogen-bond donors (Lipinski definition) is 0. The van der Waals surface area contributed by atoms with Crippen molar-refractivity contribution in [3.63, 3.8) is 0 Å². The number of fused-ring (bicyclic) bond motifs is 19. The van der Waals surface area contributed by atoms with Crippen LogP contribution in [0.4, 0.5) is 17.1 Å². The van der Waals surface area contributed by atoms with Gasteiger partial charge in [-0.1, -0.05) is 36.4 Å². The van der Waals surface area contributed by atoms with Crippen molar-refractivity contribution >= 4 is 123 Å². The van der Waals surface area contributed by atoms with E-state index in [-0.39, 0.29) is 19.9 Å². The molecule has 294 valence electrons. The molecule has 0 unspecified atom stereocenters. The maximum atomic E-state index is 2.61. The van der Waals surface area contributed by atoms with E-state index < -0.39 is 0 Å². The second-order valence-corrected chi connectivity index (χ2v) is 22.9. The summed E-state index contributed by atoms with van der Waals surface area (Å²) in [6.07, 6.45) is 0. The Labute approximate surface area is 380 Å². The summed E-state index contributed by atoms with van der Waals surface area (Å²) in [5.41, 5.74) is 16.6. The average Bonchev–Trinajstić information content (AvgIpc) is 4.20. The van der Waals surface area contributed by atoms with Gasteiger partial charge in [0.25, 0.3) is 0 Å². The van der Waals surface area contributed by atoms with Crippen LogP contribution in [-0.2, 0) is 5.41 Å². The van der Waals surface area contributed by atoms with Crippen molar-refractivity contribution in [1.29, 1.82) is 0 Å². The quantitative estimate of drug-likeness (QED) is 0.161. The van der Waals surface area contributed by atoms with Gasteiger partial charge < -0.3 is 4.57 Å². The molecule has 6 heterocycles. The van der Waals surface area contributed by atoms with Gasteiger partial charge in [0, 0.05) is 11.1 Å². The van der Waals surface area contributed by atoms with Gasteiger partial charge >= 0.3 is 302 Å². The molecule has 0 saturated heterocycles. The molecule has 63 heavy (non-hydrogen) atoms. The first kappa shape index (κ1) is 35.2. The number of nitrogens with zero attached hydrogens (tertiary/aromatic N) is 3. The second-order valence-electron chi connectivity index (χ2n) is 16.8. The molecular formula is C57H33N3Se3. The van der Waals surface area contributed by atoms with Crippen LogP contribution in [0.5, 0.6) is 0 Å². The van der Waals surface area contributed by atoms with Crippen molar-refractivity contribution in [2.24, 2.45) is 0 Å². The molecule has 8 aromatic carbocycles. The summed E-state index contributed by atoms with van der Waals surface area (Å²) in [6.45, 7) is 0. The van der Waals surface area contributed by atoms with Crippen LogP contribution in [0.2, 0.25) is 0 Å². The smallest absolute Gasteiger partial charge is 0.0602 e. The Balaban J connectivity index is 0.990. The fourth-order valence-electron chi connectivity index (χ4n) is 11.5. The fourth-order valence-corrected chi connectivity index (χ4v) is 19.0. The zero-order chi connectivity index (χ0) is 41.0. The first-order chi connectivity index (χ1) is 31.3. The summed E-state index contributed by atoms with van der Waals surface area (Å²) in [6, 6.07) is 71.2. The van der Waals surface area contributed by atoms with Gasteiger partial charge in [0.05, 0.1) is 11.0 Å². The van der Waals surface area contributed by atoms with E-state index in [4.69, 9.17) is 0 Å². The summed E-state index contributed by atoms with van der Waals surface area (Å²) in [5.74, 6) is 0. The first-order valence-corrected chi connectivity index (χ1v) is 26.8. The van der Waals surface area contributed by atoms with Crippen LogP contribution in [0.3, 0.4) is 0 Å². The Morgan fingerprint density at radius 2 is 0.937 bits per heavy atom. The molecule has 0 amide bonds. The standard InChI is InChI=1S/C57H33N3Se3/c1-2-12-34(13-3-1)58-46-18-8-4-14-37(46)41-32-35(22-25-48(41)58)59-47-19-9-5-15-38(47)42-33-36(23-26-49(42)59)60-50-20-10-7-17-43(50)57(44-28-30-61-55(44)56-45(57)29-31-62-56)53-51(60)27-24-40-39-16-6-11-21-52(39)63-54(40)53/h1-33H. The van der Waals surface area contributed by atoms with Crippen LogP contribution in [0.25, 0.3) is 83.2 Å². The molecule has 1 aliphatic carbocycles. The molecule has 5 aromatic heterocycles. The number of rotatable bonds is 3. The average molecular weight is 997 g/mol. The predicted octanol–water partition coefficient (Wildman–Crippen LogP) is 13.5. The molecule has 13 aromatic rings. The van der Waals surface area contributed by atoms with Crippen molar-refractivity contribution in [2.45, 2.75) is 5.41 Å². The minimum Gasteiger partial charge on any atom is -0.0602 e. The maximum absolute atomic E-state index is 2.61. The summed E-state index contributed by atoms with van der Waals surface area (Å²) in [4.78, 5) is 7.58. The molecular weight excluding hydrogens is 964 g/mol. The predicted molar refractivity (Wildman–Crippen MR) is 266 cm³/mol. The van der Waals surface area contributed by atoms with Crippen molar-refractivity contribution < 1.29 is 0 Å². The molecule has 2 aliphatic rings. The number of benzene rings is 8. The molecule has 3 nitrogen and oxygen atoms in total. The Bertz CT molecular complexity index is 4020. The van der Waals surface area contributed by atoms with Gasteiger partial charge in [0.15, 0.2) is 0 Å². The van der Waals surface area contributed by atoms with E-state index in [1.807, 2.05) is 0 Å². The molecule has 0 fully saturated rings. The van der Waals surface area contributed by atoms with Crippen LogP contribution in [0, 0.1) is 0 Å². The van der Waals surface area contributed by atoms with E-state index in [2.05, 4.69) is 212 Å². The van der Waals surface area contributed by atoms with Gasteiger partial charge in [-0.2, -0.15) is 0 Å². The van der Waals surface area contributed by atoms with E-state index >= 15 is 0 Å². The Morgan fingerprint density at radius 1 is 0.365 bits per heavy atom. The molecule has 0 atom stereocenters. The van der Waals surface area contributed by atoms with Crippen molar-refractivity contribution in [2.75, 3.05) is 4.90 Å².